The van der Waals surface area contributed by atoms with Crippen molar-refractivity contribution >= 4 is 28.7 Å². The number of allylic oxidation sites excluding steroid dienone is 1. The van der Waals surface area contributed by atoms with E-state index in [4.69, 9.17) is 0 Å². The summed E-state index contributed by atoms with van der Waals surface area (Å²) in [5.41, 5.74) is 4.12. The maximum Gasteiger partial charge on any atom is 0.416 e. The minimum atomic E-state index is -4.38. The summed E-state index contributed by atoms with van der Waals surface area (Å²) < 4.78 is 40.0. The second-order valence-corrected chi connectivity index (χ2v) is 8.00. The number of nitrogens with one attached hydrogen (secondary N) is 2. The number of nitrogens with zero attached hydrogens (tertiary/aromatic N) is 3. The van der Waals surface area contributed by atoms with Gasteiger partial charge in [-0.05, 0) is 54.0 Å². The van der Waals surface area contributed by atoms with Crippen molar-refractivity contribution < 1.29 is 18.0 Å². The Labute approximate surface area is 192 Å². The Bertz CT molecular complexity index is 1410. The minimum absolute atomic E-state index is 0.0809. The highest BCUT2D eigenvalue weighted by atomic mass is 19.4. The molecule has 2 N–H and O–H groups in total. The fourth-order valence-corrected chi connectivity index (χ4v) is 3.85. The van der Waals surface area contributed by atoms with Gasteiger partial charge in [-0.25, -0.2) is 4.68 Å². The first-order valence-electron chi connectivity index (χ1n) is 10.7. The maximum absolute atomic E-state index is 12.8. The number of fused-ring (bicyclic) bond motifs is 1. The van der Waals surface area contributed by atoms with Crippen molar-refractivity contribution in [3.8, 4) is 16.8 Å². The van der Waals surface area contributed by atoms with E-state index in [1.807, 2.05) is 24.3 Å². The second kappa shape index (κ2) is 8.66. The van der Waals surface area contributed by atoms with Gasteiger partial charge in [0.2, 0.25) is 5.91 Å². The van der Waals surface area contributed by atoms with E-state index in [0.717, 1.165) is 39.7 Å². The highest BCUT2D eigenvalue weighted by Crippen LogP contribution is 2.31. The van der Waals surface area contributed by atoms with E-state index in [1.54, 1.807) is 24.8 Å². The van der Waals surface area contributed by atoms with E-state index in [9.17, 15) is 18.0 Å². The molecule has 2 aromatic carbocycles. The van der Waals surface area contributed by atoms with Crippen LogP contribution in [-0.4, -0.2) is 33.4 Å². The number of aliphatic imine (C=N–C) groups is 1. The lowest BCUT2D eigenvalue weighted by Crippen LogP contribution is -2.11. The first-order chi connectivity index (χ1) is 16.4. The molecule has 0 spiro atoms. The van der Waals surface area contributed by atoms with Gasteiger partial charge in [-0.1, -0.05) is 12.1 Å². The zero-order valence-corrected chi connectivity index (χ0v) is 17.9. The average molecular weight is 463 g/mol. The van der Waals surface area contributed by atoms with E-state index in [2.05, 4.69) is 20.4 Å². The molecular formula is C25H20F3N5O. The van der Waals surface area contributed by atoms with E-state index in [1.165, 1.54) is 16.8 Å². The van der Waals surface area contributed by atoms with E-state index < -0.39 is 11.7 Å². The molecule has 0 aliphatic carbocycles. The van der Waals surface area contributed by atoms with Crippen molar-refractivity contribution in [2.45, 2.75) is 19.0 Å². The van der Waals surface area contributed by atoms with Crippen LogP contribution in [0.3, 0.4) is 0 Å². The standard InChI is InChI=1S/C25H20F3N5O/c26-25(27,28)19-3-5-20(6-4-19)33-15-18(13-31-33)17-2-7-22-21(11-17)23(14-30-22)32-24(34)8-1-16-9-10-29-12-16/h2-7,9,11-15,30H,1,8,10H2,(H,32,34). The number of amides is 1. The molecule has 0 saturated heterocycles. The number of carbonyl (C=O) groups excluding carboxylic acids is 1. The topological polar surface area (TPSA) is 75.1 Å². The smallest absolute Gasteiger partial charge is 0.359 e. The summed E-state index contributed by atoms with van der Waals surface area (Å²) in [5.74, 6) is -0.0809. The van der Waals surface area contributed by atoms with Gasteiger partial charge in [0.05, 0.1) is 29.7 Å². The number of H-pyrrole nitrogens is 1. The summed E-state index contributed by atoms with van der Waals surface area (Å²) in [4.78, 5) is 19.7. The van der Waals surface area contributed by atoms with Crippen LogP contribution in [0.2, 0.25) is 0 Å². The quantitative estimate of drug-likeness (QED) is 0.381. The largest absolute Gasteiger partial charge is 0.416 e. The third-order valence-electron chi connectivity index (χ3n) is 5.69. The number of hydrogen-bond donors (Lipinski definition) is 2. The molecule has 1 aliphatic rings. The molecule has 34 heavy (non-hydrogen) atoms. The number of aromatic nitrogens is 3. The third kappa shape index (κ3) is 4.50. The normalized spacial score (nSPS) is 13.4. The average Bonchev–Trinajstić information content (AvgIpc) is 3.58. The Morgan fingerprint density at radius 3 is 2.68 bits per heavy atom. The fraction of sp³-hybridized carbons (Fsp3) is 0.160. The molecule has 6 nitrogen and oxygen atoms in total. The Morgan fingerprint density at radius 2 is 1.94 bits per heavy atom. The van der Waals surface area contributed by atoms with Gasteiger partial charge in [-0.2, -0.15) is 18.3 Å². The molecule has 0 bridgehead atoms. The van der Waals surface area contributed by atoms with Crippen LogP contribution < -0.4 is 5.32 Å². The van der Waals surface area contributed by atoms with Crippen LogP contribution in [0.5, 0.6) is 0 Å². The molecule has 0 fully saturated rings. The number of anilines is 1. The molecule has 9 heteroatoms. The predicted octanol–water partition coefficient (Wildman–Crippen LogP) is 5.77. The monoisotopic (exact) mass is 463 g/mol. The molecular weight excluding hydrogens is 443 g/mol. The number of hydrogen-bond acceptors (Lipinski definition) is 3. The van der Waals surface area contributed by atoms with E-state index in [0.29, 0.717) is 30.8 Å². The van der Waals surface area contributed by atoms with Crippen LogP contribution in [0.25, 0.3) is 27.7 Å². The molecule has 5 rings (SSSR count). The molecule has 0 unspecified atom stereocenters. The van der Waals surface area contributed by atoms with Crippen molar-refractivity contribution in [2.75, 3.05) is 11.9 Å². The third-order valence-corrected chi connectivity index (χ3v) is 5.69. The zero-order chi connectivity index (χ0) is 23.7. The summed E-state index contributed by atoms with van der Waals surface area (Å²) in [6.45, 7) is 0.678. The lowest BCUT2D eigenvalue weighted by molar-refractivity contribution is -0.137. The first kappa shape index (κ1) is 21.7. The summed E-state index contributed by atoms with van der Waals surface area (Å²) in [7, 11) is 0. The van der Waals surface area contributed by atoms with Crippen molar-refractivity contribution in [3.05, 3.63) is 78.3 Å². The number of halogens is 3. The van der Waals surface area contributed by atoms with E-state index in [-0.39, 0.29) is 5.91 Å². The highest BCUT2D eigenvalue weighted by molar-refractivity contribution is 6.03. The number of rotatable bonds is 6. The van der Waals surface area contributed by atoms with Crippen LogP contribution in [0.15, 0.2) is 77.7 Å². The number of alkyl halides is 3. The van der Waals surface area contributed by atoms with Gasteiger partial charge in [-0.15, -0.1) is 0 Å². The maximum atomic E-state index is 12.8. The zero-order valence-electron chi connectivity index (χ0n) is 17.9. The Kier molecular flexibility index (Phi) is 5.53. The van der Waals surface area contributed by atoms with Crippen LogP contribution >= 0.6 is 0 Å². The molecule has 4 aromatic rings. The minimum Gasteiger partial charge on any atom is -0.359 e. The SMILES string of the molecule is O=C(CCC1=CCN=C1)Nc1c[nH]c2ccc(-c3cnn(-c4ccc(C(F)(F)F)cc4)c3)cc12. The molecule has 0 radical (unpaired) electrons. The second-order valence-electron chi connectivity index (χ2n) is 8.00. The Hall–Kier alpha value is -4.14. The molecule has 1 aliphatic heterocycles. The van der Waals surface area contributed by atoms with Crippen LogP contribution in [0.1, 0.15) is 18.4 Å². The van der Waals surface area contributed by atoms with E-state index >= 15 is 0 Å². The van der Waals surface area contributed by atoms with Crippen LogP contribution in [-0.2, 0) is 11.0 Å². The summed E-state index contributed by atoms with van der Waals surface area (Å²) in [6, 6.07) is 10.6. The molecule has 1 amide bonds. The van der Waals surface area contributed by atoms with Gasteiger partial charge in [0.15, 0.2) is 0 Å². The summed E-state index contributed by atoms with van der Waals surface area (Å²) >= 11 is 0. The van der Waals surface area contributed by atoms with Gasteiger partial charge in [0, 0.05) is 41.5 Å². The van der Waals surface area contributed by atoms with Gasteiger partial charge >= 0.3 is 6.18 Å². The van der Waals surface area contributed by atoms with Crippen LogP contribution in [0, 0.1) is 0 Å². The highest BCUT2D eigenvalue weighted by Gasteiger charge is 2.30. The van der Waals surface area contributed by atoms with Gasteiger partial charge < -0.3 is 10.3 Å². The molecule has 0 atom stereocenters. The molecule has 3 heterocycles. The lowest BCUT2D eigenvalue weighted by Gasteiger charge is -2.07. The molecule has 2 aromatic heterocycles. The predicted molar refractivity (Wildman–Crippen MR) is 125 cm³/mol. The Balaban J connectivity index is 1.34. The molecule has 172 valence electrons. The number of benzene rings is 2. The van der Waals surface area contributed by atoms with Crippen molar-refractivity contribution in [1.29, 1.82) is 0 Å². The van der Waals surface area contributed by atoms with Gasteiger partial charge in [0.1, 0.15) is 0 Å². The molecule has 0 saturated carbocycles. The number of carbonyl (C=O) groups is 1. The lowest BCUT2D eigenvalue weighted by atomic mass is 10.1. The summed E-state index contributed by atoms with van der Waals surface area (Å²) in [6.07, 6.45) is 5.61. The fourth-order valence-electron chi connectivity index (χ4n) is 3.85. The van der Waals surface area contributed by atoms with Crippen molar-refractivity contribution in [1.82, 2.24) is 14.8 Å². The van der Waals surface area contributed by atoms with Crippen molar-refractivity contribution in [2.24, 2.45) is 4.99 Å². The Morgan fingerprint density at radius 1 is 1.12 bits per heavy atom. The van der Waals surface area contributed by atoms with Gasteiger partial charge in [0.25, 0.3) is 0 Å². The first-order valence-corrected chi connectivity index (χ1v) is 10.7. The summed E-state index contributed by atoms with van der Waals surface area (Å²) in [5, 5.41) is 8.11. The van der Waals surface area contributed by atoms with Crippen molar-refractivity contribution in [3.63, 3.8) is 0 Å². The number of aromatic amines is 1. The van der Waals surface area contributed by atoms with Crippen LogP contribution in [0.4, 0.5) is 18.9 Å². The van der Waals surface area contributed by atoms with Gasteiger partial charge in [-0.3, -0.25) is 9.79 Å².